The number of hydrogen-bond donors (Lipinski definition) is 1. The number of nitrogens with one attached hydrogen (secondary N) is 1. The van der Waals surface area contributed by atoms with Crippen molar-refractivity contribution >= 4 is 28.1 Å². The SMILES string of the molecule is CC(=O)N(c1ccc(C)cc1)c1nc(CN2CCNC(C)(C)C2)cs1. The maximum absolute atomic E-state index is 12.2. The number of thiazole rings is 1. The van der Waals surface area contributed by atoms with Gasteiger partial charge in [-0.25, -0.2) is 4.98 Å². The number of benzene rings is 1. The summed E-state index contributed by atoms with van der Waals surface area (Å²) < 4.78 is 0. The first-order chi connectivity index (χ1) is 11.8. The minimum atomic E-state index is -0.0203. The summed E-state index contributed by atoms with van der Waals surface area (Å²) in [6.07, 6.45) is 0. The van der Waals surface area contributed by atoms with E-state index in [1.54, 1.807) is 11.8 Å². The van der Waals surface area contributed by atoms with Crippen LogP contribution in [0.1, 0.15) is 32.0 Å². The van der Waals surface area contributed by atoms with Crippen molar-refractivity contribution in [3.05, 3.63) is 40.9 Å². The number of piperazine rings is 1. The lowest BCUT2D eigenvalue weighted by Gasteiger charge is -2.38. The first kappa shape index (κ1) is 18.0. The van der Waals surface area contributed by atoms with Gasteiger partial charge >= 0.3 is 0 Å². The maximum atomic E-state index is 12.2. The summed E-state index contributed by atoms with van der Waals surface area (Å²) in [7, 11) is 0. The van der Waals surface area contributed by atoms with Crippen molar-refractivity contribution in [3.8, 4) is 0 Å². The number of amides is 1. The molecule has 134 valence electrons. The minimum absolute atomic E-state index is 0.0203. The Morgan fingerprint density at radius 3 is 2.72 bits per heavy atom. The van der Waals surface area contributed by atoms with Gasteiger partial charge in [0.25, 0.3) is 0 Å². The molecule has 1 N–H and O–H groups in total. The standard InChI is InChI=1S/C19H26N4OS/c1-14-5-7-17(8-6-14)23(15(2)24)18-21-16(12-25-18)11-22-10-9-20-19(3,4)13-22/h5-8,12,20H,9-11,13H2,1-4H3. The van der Waals surface area contributed by atoms with E-state index in [2.05, 4.69) is 29.4 Å². The lowest BCUT2D eigenvalue weighted by Crippen LogP contribution is -2.56. The molecule has 1 aromatic heterocycles. The molecule has 2 heterocycles. The van der Waals surface area contributed by atoms with E-state index in [-0.39, 0.29) is 11.4 Å². The minimum Gasteiger partial charge on any atom is -0.309 e. The van der Waals surface area contributed by atoms with E-state index in [0.29, 0.717) is 0 Å². The Morgan fingerprint density at radius 1 is 1.36 bits per heavy atom. The third-order valence-corrected chi connectivity index (χ3v) is 5.25. The molecular formula is C19H26N4OS. The first-order valence-electron chi connectivity index (χ1n) is 8.63. The van der Waals surface area contributed by atoms with Gasteiger partial charge < -0.3 is 5.32 Å². The van der Waals surface area contributed by atoms with E-state index in [4.69, 9.17) is 4.98 Å². The zero-order valence-corrected chi connectivity index (χ0v) is 16.2. The third kappa shape index (κ3) is 4.45. The van der Waals surface area contributed by atoms with E-state index >= 15 is 0 Å². The lowest BCUT2D eigenvalue weighted by molar-refractivity contribution is -0.115. The van der Waals surface area contributed by atoms with Crippen LogP contribution in [0.4, 0.5) is 10.8 Å². The van der Waals surface area contributed by atoms with Crippen molar-refractivity contribution in [3.63, 3.8) is 0 Å². The van der Waals surface area contributed by atoms with Gasteiger partial charge in [0.2, 0.25) is 5.91 Å². The lowest BCUT2D eigenvalue weighted by atomic mass is 10.0. The molecule has 0 spiro atoms. The van der Waals surface area contributed by atoms with Crippen molar-refractivity contribution in [2.45, 2.75) is 39.8 Å². The fourth-order valence-corrected chi connectivity index (χ4v) is 4.08. The van der Waals surface area contributed by atoms with Crippen LogP contribution in [0.5, 0.6) is 0 Å². The summed E-state index contributed by atoms with van der Waals surface area (Å²) in [5, 5.41) is 6.33. The predicted molar refractivity (Wildman–Crippen MR) is 103 cm³/mol. The van der Waals surface area contributed by atoms with Crippen LogP contribution < -0.4 is 10.2 Å². The number of anilines is 2. The molecule has 1 saturated heterocycles. The van der Waals surface area contributed by atoms with Crippen molar-refractivity contribution in [2.75, 3.05) is 24.5 Å². The molecule has 1 fully saturated rings. The molecule has 6 heteroatoms. The van der Waals surface area contributed by atoms with Gasteiger partial charge in [0.15, 0.2) is 5.13 Å². The van der Waals surface area contributed by atoms with Crippen LogP contribution in [0.3, 0.4) is 0 Å². The van der Waals surface area contributed by atoms with Crippen molar-refractivity contribution in [2.24, 2.45) is 0 Å². The summed E-state index contributed by atoms with van der Waals surface area (Å²) >= 11 is 1.53. The second-order valence-electron chi connectivity index (χ2n) is 7.33. The zero-order chi connectivity index (χ0) is 18.0. The van der Waals surface area contributed by atoms with Crippen LogP contribution in [0.25, 0.3) is 0 Å². The molecule has 0 atom stereocenters. The van der Waals surface area contributed by atoms with E-state index in [1.165, 1.54) is 16.9 Å². The van der Waals surface area contributed by atoms with E-state index in [0.717, 1.165) is 42.7 Å². The maximum Gasteiger partial charge on any atom is 0.230 e. The van der Waals surface area contributed by atoms with Crippen LogP contribution in [0.2, 0.25) is 0 Å². The molecule has 0 aliphatic carbocycles. The summed E-state index contributed by atoms with van der Waals surface area (Å²) in [4.78, 5) is 21.0. The number of carbonyl (C=O) groups is 1. The average Bonchev–Trinajstić information content (AvgIpc) is 2.96. The van der Waals surface area contributed by atoms with Crippen molar-refractivity contribution in [1.82, 2.24) is 15.2 Å². The topological polar surface area (TPSA) is 48.5 Å². The normalized spacial score (nSPS) is 17.4. The Morgan fingerprint density at radius 2 is 2.08 bits per heavy atom. The predicted octanol–water partition coefficient (Wildman–Crippen LogP) is 3.32. The fraction of sp³-hybridized carbons (Fsp3) is 0.474. The van der Waals surface area contributed by atoms with Gasteiger partial charge in [0, 0.05) is 44.0 Å². The second kappa shape index (κ2) is 7.23. The van der Waals surface area contributed by atoms with E-state index in [1.807, 2.05) is 31.2 Å². The van der Waals surface area contributed by atoms with Crippen LogP contribution in [0, 0.1) is 6.92 Å². The van der Waals surface area contributed by atoms with Gasteiger partial charge in [-0.3, -0.25) is 14.6 Å². The van der Waals surface area contributed by atoms with Crippen LogP contribution >= 0.6 is 11.3 Å². The fourth-order valence-electron chi connectivity index (χ4n) is 3.20. The monoisotopic (exact) mass is 358 g/mol. The highest BCUT2D eigenvalue weighted by molar-refractivity contribution is 7.14. The van der Waals surface area contributed by atoms with E-state index in [9.17, 15) is 4.79 Å². The Labute approximate surface area is 153 Å². The molecule has 3 rings (SSSR count). The van der Waals surface area contributed by atoms with Gasteiger partial charge in [-0.15, -0.1) is 11.3 Å². The molecule has 1 amide bonds. The second-order valence-corrected chi connectivity index (χ2v) is 8.17. The molecule has 1 aliphatic rings. The quantitative estimate of drug-likeness (QED) is 0.911. The van der Waals surface area contributed by atoms with Crippen LogP contribution in [0.15, 0.2) is 29.6 Å². The summed E-state index contributed by atoms with van der Waals surface area (Å²) in [5.41, 5.74) is 3.19. The number of aryl methyl sites for hydroxylation is 1. The number of hydrogen-bond acceptors (Lipinski definition) is 5. The van der Waals surface area contributed by atoms with E-state index < -0.39 is 0 Å². The zero-order valence-electron chi connectivity index (χ0n) is 15.4. The Hall–Kier alpha value is -1.76. The summed E-state index contributed by atoms with van der Waals surface area (Å²) in [6.45, 7) is 11.9. The highest BCUT2D eigenvalue weighted by Gasteiger charge is 2.26. The smallest absolute Gasteiger partial charge is 0.230 e. The van der Waals surface area contributed by atoms with Crippen LogP contribution in [-0.4, -0.2) is 41.0 Å². The Bertz CT molecular complexity index is 738. The number of rotatable bonds is 4. The van der Waals surface area contributed by atoms with Gasteiger partial charge in [-0.2, -0.15) is 0 Å². The molecule has 0 bridgehead atoms. The Kier molecular flexibility index (Phi) is 5.22. The molecule has 1 aromatic carbocycles. The molecule has 0 radical (unpaired) electrons. The highest BCUT2D eigenvalue weighted by Crippen LogP contribution is 2.29. The third-order valence-electron chi connectivity index (χ3n) is 4.37. The molecule has 25 heavy (non-hydrogen) atoms. The molecule has 0 unspecified atom stereocenters. The number of carbonyl (C=O) groups excluding carboxylic acids is 1. The van der Waals surface area contributed by atoms with Gasteiger partial charge in [0.1, 0.15) is 0 Å². The summed E-state index contributed by atoms with van der Waals surface area (Å²) in [5.74, 6) is -0.0203. The number of aromatic nitrogens is 1. The number of nitrogens with zero attached hydrogens (tertiary/aromatic N) is 3. The summed E-state index contributed by atoms with van der Waals surface area (Å²) in [6, 6.07) is 7.97. The van der Waals surface area contributed by atoms with Crippen molar-refractivity contribution < 1.29 is 4.79 Å². The average molecular weight is 359 g/mol. The molecule has 1 aliphatic heterocycles. The Balaban J connectivity index is 1.76. The van der Waals surface area contributed by atoms with Crippen molar-refractivity contribution in [1.29, 1.82) is 0 Å². The highest BCUT2D eigenvalue weighted by atomic mass is 32.1. The van der Waals surface area contributed by atoms with Gasteiger partial charge in [-0.1, -0.05) is 17.7 Å². The molecule has 2 aromatic rings. The molecule has 5 nitrogen and oxygen atoms in total. The van der Waals surface area contributed by atoms with Gasteiger partial charge in [-0.05, 0) is 32.9 Å². The molecular weight excluding hydrogens is 332 g/mol. The van der Waals surface area contributed by atoms with Crippen LogP contribution in [-0.2, 0) is 11.3 Å². The largest absolute Gasteiger partial charge is 0.309 e. The van der Waals surface area contributed by atoms with Gasteiger partial charge in [0.05, 0.1) is 11.4 Å². The first-order valence-corrected chi connectivity index (χ1v) is 9.51. The molecule has 0 saturated carbocycles.